The van der Waals surface area contributed by atoms with Crippen molar-refractivity contribution >= 4 is 11.4 Å². The predicted octanol–water partition coefficient (Wildman–Crippen LogP) is 3.69. The molecule has 3 rings (SSSR count). The van der Waals surface area contributed by atoms with Crippen molar-refractivity contribution in [2.45, 2.75) is 6.92 Å². The first-order valence-corrected chi connectivity index (χ1v) is 6.30. The van der Waals surface area contributed by atoms with Crippen LogP contribution in [0.15, 0.2) is 36.4 Å². The highest BCUT2D eigenvalue weighted by Gasteiger charge is 2.23. The molecule has 4 nitrogen and oxygen atoms in total. The lowest BCUT2D eigenvalue weighted by molar-refractivity contribution is 0.473. The topological polar surface area (TPSA) is 60.1 Å². The van der Waals surface area contributed by atoms with E-state index in [4.69, 9.17) is 15.3 Å². The summed E-state index contributed by atoms with van der Waals surface area (Å²) >= 11 is 0. The molecule has 1 aliphatic heterocycles. The van der Waals surface area contributed by atoms with Gasteiger partial charge in [0.25, 0.3) is 0 Å². The van der Waals surface area contributed by atoms with Crippen molar-refractivity contribution in [2.24, 2.45) is 0 Å². The monoisotopic (exact) mass is 261 g/mol. The maximum atomic E-state index is 8.98. The van der Waals surface area contributed by atoms with Gasteiger partial charge in [-0.2, -0.15) is 10.5 Å². The summed E-state index contributed by atoms with van der Waals surface area (Å²) in [5, 5.41) is 18.0. The molecule has 0 unspecified atom stereocenters. The van der Waals surface area contributed by atoms with Crippen LogP contribution in [0.5, 0.6) is 11.5 Å². The average Bonchev–Trinajstić information content (AvgIpc) is 2.51. The highest BCUT2D eigenvalue weighted by molar-refractivity contribution is 5.79. The number of ether oxygens (including phenoxy) is 1. The Morgan fingerprint density at radius 1 is 0.950 bits per heavy atom. The van der Waals surface area contributed by atoms with Gasteiger partial charge in [0, 0.05) is 18.7 Å². The number of anilines is 2. The lowest BCUT2D eigenvalue weighted by Gasteiger charge is -2.32. The zero-order chi connectivity index (χ0) is 14.1. The third-order valence-corrected chi connectivity index (χ3v) is 3.30. The van der Waals surface area contributed by atoms with Crippen molar-refractivity contribution in [3.05, 3.63) is 47.5 Å². The van der Waals surface area contributed by atoms with Crippen molar-refractivity contribution < 1.29 is 4.74 Å². The highest BCUT2D eigenvalue weighted by Crippen LogP contribution is 2.46. The Bertz CT molecular complexity index is 705. The minimum absolute atomic E-state index is 0.555. The van der Waals surface area contributed by atoms with Crippen molar-refractivity contribution in [3.8, 4) is 23.6 Å². The summed E-state index contributed by atoms with van der Waals surface area (Å²) in [5.74, 6) is 1.29. The maximum Gasteiger partial charge on any atom is 0.152 e. The van der Waals surface area contributed by atoms with E-state index in [0.717, 1.165) is 17.9 Å². The second-order valence-electron chi connectivity index (χ2n) is 4.43. The summed E-state index contributed by atoms with van der Waals surface area (Å²) in [6, 6.07) is 15.0. The summed E-state index contributed by atoms with van der Waals surface area (Å²) < 4.78 is 5.85. The van der Waals surface area contributed by atoms with E-state index in [9.17, 15) is 0 Å². The number of nitriles is 2. The molecule has 0 bridgehead atoms. The Kier molecular flexibility index (Phi) is 2.78. The van der Waals surface area contributed by atoms with Gasteiger partial charge in [0.05, 0.1) is 34.6 Å². The van der Waals surface area contributed by atoms with Gasteiger partial charge in [-0.15, -0.1) is 0 Å². The van der Waals surface area contributed by atoms with Gasteiger partial charge in [-0.1, -0.05) is 0 Å². The molecular formula is C16H11N3O. The Morgan fingerprint density at radius 3 is 1.85 bits per heavy atom. The summed E-state index contributed by atoms with van der Waals surface area (Å²) in [5.41, 5.74) is 2.98. The fraction of sp³-hybridized carbons (Fsp3) is 0.125. The molecule has 1 aliphatic rings. The molecule has 0 spiro atoms. The minimum Gasteiger partial charge on any atom is -0.453 e. The van der Waals surface area contributed by atoms with Crippen LogP contribution in [-0.4, -0.2) is 6.54 Å². The Hall–Kier alpha value is -2.98. The quantitative estimate of drug-likeness (QED) is 0.785. The molecule has 0 fully saturated rings. The summed E-state index contributed by atoms with van der Waals surface area (Å²) in [6.45, 7) is 2.83. The molecule has 2 aromatic rings. The summed E-state index contributed by atoms with van der Waals surface area (Å²) in [6.07, 6.45) is 0. The van der Waals surface area contributed by atoms with Crippen LogP contribution in [0.4, 0.5) is 11.4 Å². The van der Waals surface area contributed by atoms with Crippen molar-refractivity contribution in [1.82, 2.24) is 0 Å². The van der Waals surface area contributed by atoms with Crippen molar-refractivity contribution in [1.29, 1.82) is 10.5 Å². The molecule has 1 heterocycles. The SMILES string of the molecule is CCN1c2ccc(C#N)cc2Oc2cc(C#N)ccc21. The van der Waals surface area contributed by atoms with E-state index in [0.29, 0.717) is 22.6 Å². The van der Waals surface area contributed by atoms with E-state index >= 15 is 0 Å². The van der Waals surface area contributed by atoms with Gasteiger partial charge in [0.1, 0.15) is 0 Å². The number of nitrogens with zero attached hydrogens (tertiary/aromatic N) is 3. The standard InChI is InChI=1S/C16H11N3O/c1-2-19-13-5-3-11(9-17)7-15(13)20-16-8-12(10-18)4-6-14(16)19/h3-8H,2H2,1H3. The molecular weight excluding hydrogens is 250 g/mol. The molecule has 96 valence electrons. The largest absolute Gasteiger partial charge is 0.453 e. The van der Waals surface area contributed by atoms with E-state index in [1.165, 1.54) is 0 Å². The normalized spacial score (nSPS) is 11.7. The van der Waals surface area contributed by atoms with Crippen molar-refractivity contribution in [3.63, 3.8) is 0 Å². The van der Waals surface area contributed by atoms with E-state index in [2.05, 4.69) is 24.0 Å². The van der Waals surface area contributed by atoms with E-state index in [1.807, 2.05) is 12.1 Å². The first-order chi connectivity index (χ1) is 9.76. The Balaban J connectivity index is 2.17. The molecule has 0 N–H and O–H groups in total. The molecule has 20 heavy (non-hydrogen) atoms. The Labute approximate surface area is 117 Å². The van der Waals surface area contributed by atoms with Crippen LogP contribution < -0.4 is 9.64 Å². The maximum absolute atomic E-state index is 8.98. The molecule has 0 aliphatic carbocycles. The van der Waals surface area contributed by atoms with Crippen LogP contribution in [0.3, 0.4) is 0 Å². The van der Waals surface area contributed by atoms with Gasteiger partial charge in [-0.05, 0) is 31.2 Å². The number of fused-ring (bicyclic) bond motifs is 2. The van der Waals surface area contributed by atoms with Crippen LogP contribution in [-0.2, 0) is 0 Å². The van der Waals surface area contributed by atoms with E-state index < -0.39 is 0 Å². The highest BCUT2D eigenvalue weighted by atomic mass is 16.5. The molecule has 0 atom stereocenters. The fourth-order valence-electron chi connectivity index (χ4n) is 2.37. The zero-order valence-corrected chi connectivity index (χ0v) is 10.9. The second-order valence-corrected chi connectivity index (χ2v) is 4.43. The smallest absolute Gasteiger partial charge is 0.152 e. The number of benzene rings is 2. The second kappa shape index (κ2) is 4.60. The molecule has 0 saturated carbocycles. The minimum atomic E-state index is 0.555. The first-order valence-electron chi connectivity index (χ1n) is 6.30. The summed E-state index contributed by atoms with van der Waals surface area (Å²) in [4.78, 5) is 2.11. The molecule has 2 aromatic carbocycles. The molecule has 4 heteroatoms. The van der Waals surface area contributed by atoms with Crippen LogP contribution in [0.1, 0.15) is 18.1 Å². The van der Waals surface area contributed by atoms with Gasteiger partial charge >= 0.3 is 0 Å². The van der Waals surface area contributed by atoms with E-state index in [-0.39, 0.29) is 0 Å². The zero-order valence-electron chi connectivity index (χ0n) is 10.9. The molecule has 0 saturated heterocycles. The van der Waals surface area contributed by atoms with Crippen LogP contribution >= 0.6 is 0 Å². The Morgan fingerprint density at radius 2 is 1.45 bits per heavy atom. The van der Waals surface area contributed by atoms with Gasteiger partial charge in [0.15, 0.2) is 11.5 Å². The number of hydrogen-bond acceptors (Lipinski definition) is 4. The van der Waals surface area contributed by atoms with Gasteiger partial charge in [0.2, 0.25) is 0 Å². The van der Waals surface area contributed by atoms with Gasteiger partial charge in [-0.3, -0.25) is 0 Å². The third kappa shape index (κ3) is 1.75. The molecule has 0 amide bonds. The van der Waals surface area contributed by atoms with Crippen LogP contribution in [0.2, 0.25) is 0 Å². The predicted molar refractivity (Wildman–Crippen MR) is 75.1 cm³/mol. The first kappa shape index (κ1) is 12.1. The van der Waals surface area contributed by atoms with Crippen LogP contribution in [0.25, 0.3) is 0 Å². The number of hydrogen-bond donors (Lipinski definition) is 0. The van der Waals surface area contributed by atoms with Crippen LogP contribution in [0, 0.1) is 22.7 Å². The third-order valence-electron chi connectivity index (χ3n) is 3.30. The molecule has 0 radical (unpaired) electrons. The summed E-state index contributed by atoms with van der Waals surface area (Å²) in [7, 11) is 0. The van der Waals surface area contributed by atoms with Gasteiger partial charge in [-0.25, -0.2) is 0 Å². The lowest BCUT2D eigenvalue weighted by atomic mass is 10.1. The fourth-order valence-corrected chi connectivity index (χ4v) is 2.37. The molecule has 0 aromatic heterocycles. The lowest BCUT2D eigenvalue weighted by Crippen LogP contribution is -2.20. The average molecular weight is 261 g/mol. The van der Waals surface area contributed by atoms with E-state index in [1.54, 1.807) is 24.3 Å². The van der Waals surface area contributed by atoms with Crippen molar-refractivity contribution in [2.75, 3.05) is 11.4 Å². The van der Waals surface area contributed by atoms with Gasteiger partial charge < -0.3 is 9.64 Å². The number of rotatable bonds is 1.